The largest absolute Gasteiger partial charge is 0.513 e. The lowest BCUT2D eigenvalue weighted by Gasteiger charge is -2.35. The van der Waals surface area contributed by atoms with Crippen LogP contribution in [0.3, 0.4) is 0 Å². The van der Waals surface area contributed by atoms with Crippen molar-refractivity contribution in [3.8, 4) is 5.75 Å². The van der Waals surface area contributed by atoms with Gasteiger partial charge in [0.25, 0.3) is 5.91 Å². The monoisotopic (exact) mass is 488 g/mol. The molecule has 1 fully saturated rings. The number of nitrogens with zero attached hydrogens (tertiary/aromatic N) is 2. The van der Waals surface area contributed by atoms with Crippen LogP contribution in [0.25, 0.3) is 0 Å². The molecular weight excluding hydrogens is 464 g/mol. The maximum atomic E-state index is 12.7. The van der Waals surface area contributed by atoms with Crippen LogP contribution in [0.15, 0.2) is 53.0 Å². The Morgan fingerprint density at radius 2 is 1.52 bits per heavy atom. The molecule has 2 amide bonds. The van der Waals surface area contributed by atoms with Crippen molar-refractivity contribution in [3.05, 3.63) is 64.1 Å². The molecule has 0 bridgehead atoms. The van der Waals surface area contributed by atoms with Gasteiger partial charge in [0.05, 0.1) is 6.61 Å². The van der Waals surface area contributed by atoms with Crippen LogP contribution in [0.1, 0.15) is 29.3 Å². The van der Waals surface area contributed by atoms with E-state index in [0.29, 0.717) is 50.3 Å². The molecule has 1 saturated heterocycles. The van der Waals surface area contributed by atoms with E-state index in [2.05, 4.69) is 15.9 Å². The number of amides is 2. The molecule has 0 N–H and O–H groups in total. The first kappa shape index (κ1) is 22.8. The van der Waals surface area contributed by atoms with Crippen LogP contribution in [-0.4, -0.2) is 60.6 Å². The van der Waals surface area contributed by atoms with Crippen molar-refractivity contribution in [1.29, 1.82) is 0 Å². The highest BCUT2D eigenvalue weighted by atomic mass is 79.9. The molecule has 8 heteroatoms. The van der Waals surface area contributed by atoms with Gasteiger partial charge < -0.3 is 19.3 Å². The summed E-state index contributed by atoms with van der Waals surface area (Å²) in [6.45, 7) is 3.95. The first-order valence-corrected chi connectivity index (χ1v) is 11.0. The number of hydrogen-bond acceptors (Lipinski definition) is 5. The van der Waals surface area contributed by atoms with Crippen LogP contribution in [-0.2, 0) is 16.0 Å². The van der Waals surface area contributed by atoms with Gasteiger partial charge >= 0.3 is 6.16 Å². The first-order valence-electron chi connectivity index (χ1n) is 10.2. The summed E-state index contributed by atoms with van der Waals surface area (Å²) in [7, 11) is 0. The minimum Gasteiger partial charge on any atom is -0.434 e. The second-order valence-corrected chi connectivity index (χ2v) is 8.02. The van der Waals surface area contributed by atoms with E-state index >= 15 is 0 Å². The van der Waals surface area contributed by atoms with Crippen molar-refractivity contribution in [1.82, 2.24) is 9.80 Å². The highest BCUT2D eigenvalue weighted by Gasteiger charge is 2.24. The molecule has 164 valence electrons. The van der Waals surface area contributed by atoms with E-state index in [-0.39, 0.29) is 18.4 Å². The molecule has 2 aromatic rings. The van der Waals surface area contributed by atoms with Gasteiger partial charge in [0, 0.05) is 42.6 Å². The number of aryl methyl sites for hydroxylation is 1. The maximum Gasteiger partial charge on any atom is 0.513 e. The summed E-state index contributed by atoms with van der Waals surface area (Å²) in [5.74, 6) is 0.316. The molecule has 0 aliphatic carbocycles. The lowest BCUT2D eigenvalue weighted by Crippen LogP contribution is -2.50. The second-order valence-electron chi connectivity index (χ2n) is 7.11. The number of benzene rings is 2. The van der Waals surface area contributed by atoms with Gasteiger partial charge in [0.15, 0.2) is 0 Å². The predicted molar refractivity (Wildman–Crippen MR) is 119 cm³/mol. The summed E-state index contributed by atoms with van der Waals surface area (Å²) >= 11 is 3.41. The zero-order chi connectivity index (χ0) is 22.2. The van der Waals surface area contributed by atoms with Gasteiger partial charge in [-0.25, -0.2) is 4.79 Å². The molecule has 2 aromatic carbocycles. The Kier molecular flexibility index (Phi) is 8.06. The zero-order valence-corrected chi connectivity index (χ0v) is 19.0. The zero-order valence-electron chi connectivity index (χ0n) is 17.4. The smallest absolute Gasteiger partial charge is 0.434 e. The fourth-order valence-electron chi connectivity index (χ4n) is 3.31. The van der Waals surface area contributed by atoms with E-state index < -0.39 is 6.16 Å². The fraction of sp³-hybridized carbons (Fsp3) is 0.348. The molecule has 0 unspecified atom stereocenters. The van der Waals surface area contributed by atoms with Gasteiger partial charge in [-0.2, -0.15) is 0 Å². The number of piperazine rings is 1. The van der Waals surface area contributed by atoms with Crippen molar-refractivity contribution in [2.45, 2.75) is 19.8 Å². The van der Waals surface area contributed by atoms with Crippen LogP contribution >= 0.6 is 15.9 Å². The van der Waals surface area contributed by atoms with E-state index in [1.165, 1.54) is 0 Å². The third kappa shape index (κ3) is 6.55. The highest BCUT2D eigenvalue weighted by molar-refractivity contribution is 9.10. The summed E-state index contributed by atoms with van der Waals surface area (Å²) in [5.41, 5.74) is 1.63. The van der Waals surface area contributed by atoms with Crippen molar-refractivity contribution in [2.24, 2.45) is 0 Å². The molecule has 0 atom stereocenters. The van der Waals surface area contributed by atoms with E-state index in [9.17, 15) is 14.4 Å². The first-order chi connectivity index (χ1) is 15.0. The summed E-state index contributed by atoms with van der Waals surface area (Å²) in [5, 5.41) is 0. The molecule has 1 aliphatic rings. The molecule has 0 saturated carbocycles. The molecule has 0 radical (unpaired) electrons. The van der Waals surface area contributed by atoms with Gasteiger partial charge in [-0.05, 0) is 55.3 Å². The Labute approximate surface area is 190 Å². The van der Waals surface area contributed by atoms with Crippen molar-refractivity contribution in [3.63, 3.8) is 0 Å². The Morgan fingerprint density at radius 1 is 0.903 bits per heavy atom. The average molecular weight is 489 g/mol. The van der Waals surface area contributed by atoms with Gasteiger partial charge in [0.2, 0.25) is 5.91 Å². The molecular formula is C23H25BrN2O5. The molecule has 7 nitrogen and oxygen atoms in total. The van der Waals surface area contributed by atoms with E-state index in [1.807, 2.05) is 29.2 Å². The van der Waals surface area contributed by atoms with Crippen LogP contribution in [0.2, 0.25) is 0 Å². The third-order valence-electron chi connectivity index (χ3n) is 5.03. The van der Waals surface area contributed by atoms with Gasteiger partial charge in [-0.1, -0.05) is 28.1 Å². The minimum absolute atomic E-state index is 0.107. The van der Waals surface area contributed by atoms with Gasteiger partial charge in [-0.15, -0.1) is 0 Å². The second kappa shape index (κ2) is 10.9. The van der Waals surface area contributed by atoms with E-state index in [0.717, 1.165) is 10.0 Å². The maximum absolute atomic E-state index is 12.7. The highest BCUT2D eigenvalue weighted by Crippen LogP contribution is 2.16. The standard InChI is InChI=1S/C23H25BrN2O5/c1-2-30-23(29)31-20-10-6-18(7-11-20)22(28)26-15-13-25(14-16-26)21(27)12-5-17-3-8-19(24)9-4-17/h3-4,6-11H,2,5,12-16H2,1H3. The third-order valence-corrected chi connectivity index (χ3v) is 5.55. The molecule has 0 spiro atoms. The van der Waals surface area contributed by atoms with E-state index in [4.69, 9.17) is 9.47 Å². The van der Waals surface area contributed by atoms with Crippen LogP contribution in [0.4, 0.5) is 4.79 Å². The summed E-state index contributed by atoms with van der Waals surface area (Å²) in [6.07, 6.45) is 0.380. The number of carbonyl (C=O) groups is 3. The molecule has 1 aliphatic heterocycles. The number of rotatable bonds is 6. The predicted octanol–water partition coefficient (Wildman–Crippen LogP) is 3.90. The quantitative estimate of drug-likeness (QED) is 0.455. The lowest BCUT2D eigenvalue weighted by molar-refractivity contribution is -0.132. The van der Waals surface area contributed by atoms with Crippen molar-refractivity contribution < 1.29 is 23.9 Å². The topological polar surface area (TPSA) is 76.2 Å². The fourth-order valence-corrected chi connectivity index (χ4v) is 3.58. The minimum atomic E-state index is -0.775. The number of halogens is 1. The molecule has 3 rings (SSSR count). The summed E-state index contributed by atoms with van der Waals surface area (Å²) in [6, 6.07) is 14.3. The van der Waals surface area contributed by atoms with Gasteiger partial charge in [-0.3, -0.25) is 9.59 Å². The van der Waals surface area contributed by atoms with Crippen molar-refractivity contribution >= 4 is 33.9 Å². The van der Waals surface area contributed by atoms with Crippen molar-refractivity contribution in [2.75, 3.05) is 32.8 Å². The Balaban J connectivity index is 1.46. The van der Waals surface area contributed by atoms with E-state index in [1.54, 1.807) is 36.1 Å². The Bertz CT molecular complexity index is 907. The number of carbonyl (C=O) groups excluding carboxylic acids is 3. The van der Waals surface area contributed by atoms with Crippen LogP contribution in [0.5, 0.6) is 5.75 Å². The number of ether oxygens (including phenoxy) is 2. The van der Waals surface area contributed by atoms with Gasteiger partial charge in [0.1, 0.15) is 5.75 Å². The Hall–Kier alpha value is -2.87. The normalized spacial score (nSPS) is 13.6. The summed E-state index contributed by atoms with van der Waals surface area (Å²) < 4.78 is 10.7. The van der Waals surface area contributed by atoms with Crippen LogP contribution < -0.4 is 4.74 Å². The molecule has 31 heavy (non-hydrogen) atoms. The molecule has 0 aromatic heterocycles. The average Bonchev–Trinajstić information content (AvgIpc) is 2.79. The lowest BCUT2D eigenvalue weighted by atomic mass is 10.1. The summed E-state index contributed by atoms with van der Waals surface area (Å²) in [4.78, 5) is 40.2. The number of hydrogen-bond donors (Lipinski definition) is 0. The SMILES string of the molecule is CCOC(=O)Oc1ccc(C(=O)N2CCN(C(=O)CCc3ccc(Br)cc3)CC2)cc1. The van der Waals surface area contributed by atoms with Crippen LogP contribution in [0, 0.1) is 0 Å². The Morgan fingerprint density at radius 3 is 2.13 bits per heavy atom. The molecule has 1 heterocycles.